The molecule has 9 heteroatoms. The molecule has 3 rings (SSSR count). The van der Waals surface area contributed by atoms with Crippen LogP contribution in [-0.4, -0.2) is 62.8 Å². The molecule has 0 unspecified atom stereocenters. The molecule has 0 atom stereocenters. The van der Waals surface area contributed by atoms with Crippen LogP contribution in [0.5, 0.6) is 0 Å². The summed E-state index contributed by atoms with van der Waals surface area (Å²) in [6.45, 7) is 12.1. The van der Waals surface area contributed by atoms with Crippen molar-refractivity contribution in [3.63, 3.8) is 0 Å². The van der Waals surface area contributed by atoms with Gasteiger partial charge in [-0.1, -0.05) is 0 Å². The fraction of sp³-hybridized carbons (Fsp3) is 0.556. The second kappa shape index (κ2) is 7.05. The third-order valence-corrected chi connectivity index (χ3v) is 4.32. The summed E-state index contributed by atoms with van der Waals surface area (Å²) in [6, 6.07) is 1.86. The van der Waals surface area contributed by atoms with E-state index in [-0.39, 0.29) is 6.09 Å². The van der Waals surface area contributed by atoms with Gasteiger partial charge in [0, 0.05) is 26.2 Å². The lowest BCUT2D eigenvalue weighted by Gasteiger charge is -2.36. The Labute approximate surface area is 159 Å². The molecule has 2 aromatic rings. The van der Waals surface area contributed by atoms with E-state index < -0.39 is 5.60 Å². The summed E-state index contributed by atoms with van der Waals surface area (Å²) >= 11 is 0. The number of hydrogen-bond donors (Lipinski definition) is 1. The summed E-state index contributed by atoms with van der Waals surface area (Å²) in [4.78, 5) is 16.2. The standard InChI is InChI=1S/C18H27N7O2/c1-12-10-14(16(19)21-20-12)25-11-15(13(2)22-25)23-6-8-24(9-7-23)17(26)27-18(3,4)5/h10-11H,6-9H2,1-5H3,(H2,19,21). The number of ether oxygens (including phenoxy) is 1. The molecule has 3 heterocycles. The lowest BCUT2D eigenvalue weighted by molar-refractivity contribution is 0.0240. The van der Waals surface area contributed by atoms with Crippen molar-refractivity contribution in [2.24, 2.45) is 0 Å². The smallest absolute Gasteiger partial charge is 0.410 e. The van der Waals surface area contributed by atoms with Crippen LogP contribution >= 0.6 is 0 Å². The number of piperazine rings is 1. The zero-order valence-corrected chi connectivity index (χ0v) is 16.6. The Morgan fingerprint density at radius 2 is 1.78 bits per heavy atom. The van der Waals surface area contributed by atoms with E-state index in [4.69, 9.17) is 10.5 Å². The van der Waals surface area contributed by atoms with Crippen LogP contribution in [0.4, 0.5) is 16.3 Å². The largest absolute Gasteiger partial charge is 0.444 e. The zero-order chi connectivity index (χ0) is 19.8. The average Bonchev–Trinajstić information content (AvgIpc) is 2.97. The van der Waals surface area contributed by atoms with E-state index in [2.05, 4.69) is 20.2 Å². The molecule has 1 saturated heterocycles. The van der Waals surface area contributed by atoms with Crippen LogP contribution < -0.4 is 10.6 Å². The number of aryl methyl sites for hydroxylation is 2. The van der Waals surface area contributed by atoms with Gasteiger partial charge in [-0.05, 0) is 40.7 Å². The number of nitrogens with zero attached hydrogens (tertiary/aromatic N) is 6. The summed E-state index contributed by atoms with van der Waals surface area (Å²) in [7, 11) is 0. The molecule has 2 N–H and O–H groups in total. The molecule has 27 heavy (non-hydrogen) atoms. The summed E-state index contributed by atoms with van der Waals surface area (Å²) < 4.78 is 7.19. The molecule has 146 valence electrons. The minimum absolute atomic E-state index is 0.263. The highest BCUT2D eigenvalue weighted by atomic mass is 16.6. The molecule has 2 aromatic heterocycles. The first-order valence-corrected chi connectivity index (χ1v) is 9.03. The Morgan fingerprint density at radius 3 is 2.41 bits per heavy atom. The number of carbonyl (C=O) groups is 1. The fourth-order valence-corrected chi connectivity index (χ4v) is 3.01. The van der Waals surface area contributed by atoms with Crippen LogP contribution in [0.1, 0.15) is 32.2 Å². The summed E-state index contributed by atoms with van der Waals surface area (Å²) in [5, 5.41) is 12.5. The molecule has 9 nitrogen and oxygen atoms in total. The number of hydrogen-bond acceptors (Lipinski definition) is 7. The Kier molecular flexibility index (Phi) is 4.95. The molecule has 0 aliphatic carbocycles. The van der Waals surface area contributed by atoms with Crippen molar-refractivity contribution in [2.75, 3.05) is 36.8 Å². The number of nitrogen functional groups attached to an aromatic ring is 1. The van der Waals surface area contributed by atoms with Crippen LogP contribution in [-0.2, 0) is 4.74 Å². The van der Waals surface area contributed by atoms with Crippen molar-refractivity contribution in [3.8, 4) is 5.69 Å². The summed E-state index contributed by atoms with van der Waals surface area (Å²) in [5.74, 6) is 0.337. The van der Waals surface area contributed by atoms with Gasteiger partial charge in [-0.3, -0.25) is 0 Å². The van der Waals surface area contributed by atoms with Gasteiger partial charge >= 0.3 is 6.09 Å². The van der Waals surface area contributed by atoms with Crippen LogP contribution in [0.15, 0.2) is 12.3 Å². The monoisotopic (exact) mass is 373 g/mol. The van der Waals surface area contributed by atoms with Gasteiger partial charge in [0.15, 0.2) is 5.82 Å². The van der Waals surface area contributed by atoms with Gasteiger partial charge in [0.1, 0.15) is 11.3 Å². The van der Waals surface area contributed by atoms with Crippen LogP contribution in [0.25, 0.3) is 5.69 Å². The van der Waals surface area contributed by atoms with Crippen LogP contribution in [0.3, 0.4) is 0 Å². The van der Waals surface area contributed by atoms with Crippen molar-refractivity contribution in [2.45, 2.75) is 40.2 Å². The normalized spacial score (nSPS) is 15.1. The molecule has 1 aliphatic heterocycles. The minimum atomic E-state index is -0.484. The number of nitrogens with two attached hydrogens (primary N) is 1. The average molecular weight is 373 g/mol. The van der Waals surface area contributed by atoms with Gasteiger partial charge in [0.25, 0.3) is 0 Å². The van der Waals surface area contributed by atoms with E-state index in [9.17, 15) is 4.79 Å². The molecular weight excluding hydrogens is 346 g/mol. The maximum absolute atomic E-state index is 12.2. The molecule has 0 saturated carbocycles. The zero-order valence-electron chi connectivity index (χ0n) is 16.6. The first-order valence-electron chi connectivity index (χ1n) is 9.03. The van der Waals surface area contributed by atoms with E-state index in [0.29, 0.717) is 24.6 Å². The number of anilines is 2. The fourth-order valence-electron chi connectivity index (χ4n) is 3.01. The SMILES string of the molecule is Cc1cc(-n2cc(N3CCN(C(=O)OC(C)(C)C)CC3)c(C)n2)c(N)nn1. The van der Waals surface area contributed by atoms with Crippen molar-refractivity contribution < 1.29 is 9.53 Å². The highest BCUT2D eigenvalue weighted by molar-refractivity contribution is 5.68. The maximum atomic E-state index is 12.2. The molecular formula is C18H27N7O2. The number of rotatable bonds is 2. The second-order valence-corrected chi connectivity index (χ2v) is 7.75. The molecule has 0 bridgehead atoms. The predicted molar refractivity (Wildman–Crippen MR) is 103 cm³/mol. The van der Waals surface area contributed by atoms with Crippen molar-refractivity contribution in [3.05, 3.63) is 23.7 Å². The molecule has 1 aliphatic rings. The molecule has 1 fully saturated rings. The third-order valence-electron chi connectivity index (χ3n) is 4.32. The van der Waals surface area contributed by atoms with E-state index in [1.807, 2.05) is 46.9 Å². The van der Waals surface area contributed by atoms with E-state index in [1.54, 1.807) is 9.58 Å². The van der Waals surface area contributed by atoms with E-state index in [1.165, 1.54) is 0 Å². The molecule has 1 amide bonds. The van der Waals surface area contributed by atoms with Gasteiger partial charge < -0.3 is 20.3 Å². The van der Waals surface area contributed by atoms with Crippen molar-refractivity contribution in [1.82, 2.24) is 24.9 Å². The topological polar surface area (TPSA) is 102 Å². The van der Waals surface area contributed by atoms with Crippen molar-refractivity contribution >= 4 is 17.6 Å². The Bertz CT molecular complexity index is 833. The highest BCUT2D eigenvalue weighted by Crippen LogP contribution is 2.24. The van der Waals surface area contributed by atoms with E-state index >= 15 is 0 Å². The maximum Gasteiger partial charge on any atom is 0.410 e. The Balaban J connectivity index is 1.71. The van der Waals surface area contributed by atoms with Gasteiger partial charge in [-0.15, -0.1) is 5.10 Å². The van der Waals surface area contributed by atoms with Crippen LogP contribution in [0.2, 0.25) is 0 Å². The molecule has 0 radical (unpaired) electrons. The highest BCUT2D eigenvalue weighted by Gasteiger charge is 2.27. The molecule has 0 spiro atoms. The number of carbonyl (C=O) groups excluding carboxylic acids is 1. The van der Waals surface area contributed by atoms with Gasteiger partial charge in [-0.25, -0.2) is 9.48 Å². The van der Waals surface area contributed by atoms with Gasteiger partial charge in [0.05, 0.1) is 23.3 Å². The quantitative estimate of drug-likeness (QED) is 0.858. The Morgan fingerprint density at radius 1 is 1.11 bits per heavy atom. The summed E-state index contributed by atoms with van der Waals surface area (Å²) in [6.07, 6.45) is 1.69. The summed E-state index contributed by atoms with van der Waals surface area (Å²) in [5.41, 5.74) is 8.88. The second-order valence-electron chi connectivity index (χ2n) is 7.75. The first-order chi connectivity index (χ1) is 12.6. The first kappa shape index (κ1) is 18.9. The van der Waals surface area contributed by atoms with Gasteiger partial charge in [0.2, 0.25) is 0 Å². The predicted octanol–water partition coefficient (Wildman–Crippen LogP) is 1.92. The number of amides is 1. The Hall–Kier alpha value is -2.84. The molecule has 0 aromatic carbocycles. The number of aromatic nitrogens is 4. The van der Waals surface area contributed by atoms with Crippen molar-refractivity contribution in [1.29, 1.82) is 0 Å². The third kappa shape index (κ3) is 4.29. The lowest BCUT2D eigenvalue weighted by atomic mass is 10.2. The minimum Gasteiger partial charge on any atom is -0.444 e. The lowest BCUT2D eigenvalue weighted by Crippen LogP contribution is -2.50. The van der Waals surface area contributed by atoms with Gasteiger partial charge in [-0.2, -0.15) is 10.2 Å². The van der Waals surface area contributed by atoms with E-state index in [0.717, 1.165) is 30.2 Å². The van der Waals surface area contributed by atoms with Crippen LogP contribution in [0, 0.1) is 13.8 Å².